The fraction of sp³-hybridized carbons (Fsp3) is 0.609. The van der Waals surface area contributed by atoms with Gasteiger partial charge in [0, 0.05) is 32.2 Å². The summed E-state index contributed by atoms with van der Waals surface area (Å²) in [5.41, 5.74) is 0. The number of thiocarbonyl (C=S) groups is 1. The second-order valence-electron chi connectivity index (χ2n) is 8.82. The molecule has 4 heterocycles. The lowest BCUT2D eigenvalue weighted by Crippen LogP contribution is -2.36. The molecule has 2 aromatic heterocycles. The lowest BCUT2D eigenvalue weighted by molar-refractivity contribution is 0.444. The fourth-order valence-corrected chi connectivity index (χ4v) is 4.56. The summed E-state index contributed by atoms with van der Waals surface area (Å²) >= 11 is 5.51. The number of nitrogens with zero attached hydrogens (tertiary/aromatic N) is 4. The van der Waals surface area contributed by atoms with Gasteiger partial charge in [0.05, 0.1) is 6.54 Å². The predicted octanol–water partition coefficient (Wildman–Crippen LogP) is 4.48. The Morgan fingerprint density at radius 1 is 1.06 bits per heavy atom. The van der Waals surface area contributed by atoms with Gasteiger partial charge in [0.25, 0.3) is 0 Å². The zero-order chi connectivity index (χ0) is 21.6. The first-order chi connectivity index (χ1) is 15.1. The highest BCUT2D eigenvalue weighted by molar-refractivity contribution is 7.80. The maximum absolute atomic E-state index is 5.61. The van der Waals surface area contributed by atoms with Crippen molar-refractivity contribution < 1.29 is 4.42 Å². The SMILES string of the molecule is Cc1ccc(CNC(=S)Nc2nc(N3CCCCCC3)cc(N3CCC[C@@H](C)C3)n2)o1. The normalized spacial score (nSPS) is 19.7. The van der Waals surface area contributed by atoms with Crippen LogP contribution in [0, 0.1) is 12.8 Å². The van der Waals surface area contributed by atoms with Crippen LogP contribution < -0.4 is 20.4 Å². The van der Waals surface area contributed by atoms with Crippen molar-refractivity contribution in [2.75, 3.05) is 41.3 Å². The molecule has 0 bridgehead atoms. The molecule has 7 nitrogen and oxygen atoms in total. The summed E-state index contributed by atoms with van der Waals surface area (Å²) < 4.78 is 5.61. The van der Waals surface area contributed by atoms with Gasteiger partial charge in [-0.1, -0.05) is 19.8 Å². The molecule has 2 aliphatic heterocycles. The highest BCUT2D eigenvalue weighted by Crippen LogP contribution is 2.27. The first kappa shape index (κ1) is 21.9. The maximum atomic E-state index is 5.61. The molecular weight excluding hydrogens is 408 g/mol. The average molecular weight is 443 g/mol. The van der Waals surface area contributed by atoms with Gasteiger partial charge in [-0.2, -0.15) is 9.97 Å². The number of hydrogen-bond donors (Lipinski definition) is 2. The summed E-state index contributed by atoms with van der Waals surface area (Å²) in [6.07, 6.45) is 7.51. The van der Waals surface area contributed by atoms with Crippen molar-refractivity contribution in [3.05, 3.63) is 29.7 Å². The Kier molecular flexibility index (Phi) is 7.27. The average Bonchev–Trinajstić information content (AvgIpc) is 2.99. The van der Waals surface area contributed by atoms with Crippen LogP contribution in [0.4, 0.5) is 17.6 Å². The number of aryl methyl sites for hydroxylation is 1. The van der Waals surface area contributed by atoms with E-state index in [0.717, 1.165) is 49.3 Å². The van der Waals surface area contributed by atoms with Crippen LogP contribution in [0.2, 0.25) is 0 Å². The summed E-state index contributed by atoms with van der Waals surface area (Å²) in [4.78, 5) is 14.5. The Morgan fingerprint density at radius 2 is 1.77 bits per heavy atom. The van der Waals surface area contributed by atoms with Crippen molar-refractivity contribution in [3.63, 3.8) is 0 Å². The van der Waals surface area contributed by atoms with E-state index in [1.54, 1.807) is 0 Å². The minimum Gasteiger partial charge on any atom is -0.465 e. The van der Waals surface area contributed by atoms with Gasteiger partial charge >= 0.3 is 0 Å². The number of rotatable bonds is 5. The molecule has 0 amide bonds. The van der Waals surface area contributed by atoms with Crippen LogP contribution in [0.1, 0.15) is 57.0 Å². The molecule has 8 heteroatoms. The van der Waals surface area contributed by atoms with Gasteiger partial charge in [-0.15, -0.1) is 0 Å². The van der Waals surface area contributed by atoms with Gasteiger partial charge in [0.1, 0.15) is 23.2 Å². The quantitative estimate of drug-likeness (QED) is 0.657. The van der Waals surface area contributed by atoms with Crippen LogP contribution in [0.5, 0.6) is 0 Å². The molecule has 2 aromatic rings. The van der Waals surface area contributed by atoms with Crippen molar-refractivity contribution in [2.24, 2.45) is 5.92 Å². The number of nitrogens with one attached hydrogen (secondary N) is 2. The molecule has 0 spiro atoms. The molecular formula is C23H34N6OS. The van der Waals surface area contributed by atoms with Crippen LogP contribution in [-0.4, -0.2) is 41.3 Å². The molecule has 0 aliphatic carbocycles. The summed E-state index contributed by atoms with van der Waals surface area (Å²) in [5, 5.41) is 6.90. The minimum atomic E-state index is 0.500. The van der Waals surface area contributed by atoms with Crippen molar-refractivity contribution >= 4 is 34.9 Å². The van der Waals surface area contributed by atoms with E-state index < -0.39 is 0 Å². The summed E-state index contributed by atoms with van der Waals surface area (Å²) in [6, 6.07) is 6.07. The Balaban J connectivity index is 1.50. The van der Waals surface area contributed by atoms with E-state index in [1.165, 1.54) is 38.5 Å². The summed E-state index contributed by atoms with van der Waals surface area (Å²) in [6.45, 7) is 8.96. The third-order valence-corrected chi connectivity index (χ3v) is 6.30. The van der Waals surface area contributed by atoms with Gasteiger partial charge < -0.3 is 24.9 Å². The molecule has 4 rings (SSSR count). The van der Waals surface area contributed by atoms with Crippen molar-refractivity contribution in [2.45, 2.75) is 58.9 Å². The van der Waals surface area contributed by atoms with Crippen LogP contribution >= 0.6 is 12.2 Å². The van der Waals surface area contributed by atoms with E-state index in [2.05, 4.69) is 33.4 Å². The van der Waals surface area contributed by atoms with Crippen molar-refractivity contribution in [1.29, 1.82) is 0 Å². The lowest BCUT2D eigenvalue weighted by Gasteiger charge is -2.33. The van der Waals surface area contributed by atoms with Crippen LogP contribution in [-0.2, 0) is 6.54 Å². The highest BCUT2D eigenvalue weighted by atomic mass is 32.1. The Hall–Kier alpha value is -2.35. The van der Waals surface area contributed by atoms with Gasteiger partial charge in [0.2, 0.25) is 5.95 Å². The van der Waals surface area contributed by atoms with Gasteiger partial charge in [-0.3, -0.25) is 0 Å². The first-order valence-electron chi connectivity index (χ1n) is 11.6. The summed E-state index contributed by atoms with van der Waals surface area (Å²) in [5.74, 6) is 4.97. The van der Waals surface area contributed by atoms with E-state index in [0.29, 0.717) is 23.5 Å². The fourth-order valence-electron chi connectivity index (χ4n) is 4.39. The second kappa shape index (κ2) is 10.3. The van der Waals surface area contributed by atoms with E-state index in [-0.39, 0.29) is 0 Å². The molecule has 31 heavy (non-hydrogen) atoms. The standard InChI is InChI=1S/C23H34N6OS/c1-17-8-7-13-29(16-17)21-14-20(28-11-5-3-4-6-12-28)25-22(26-21)27-23(31)24-15-19-10-9-18(2)30-19/h9-10,14,17H,3-8,11-13,15-16H2,1-2H3,(H2,24,25,26,27,31)/t17-/m1/s1. The number of aromatic nitrogens is 2. The Labute approximate surface area is 190 Å². The zero-order valence-electron chi connectivity index (χ0n) is 18.7. The molecule has 0 saturated carbocycles. The molecule has 2 saturated heterocycles. The number of furan rings is 1. The molecule has 0 aromatic carbocycles. The minimum absolute atomic E-state index is 0.500. The molecule has 2 aliphatic rings. The van der Waals surface area contributed by atoms with Gasteiger partial charge in [-0.05, 0) is 62.9 Å². The topological polar surface area (TPSA) is 69.5 Å². The predicted molar refractivity (Wildman–Crippen MR) is 130 cm³/mol. The molecule has 1 atom stereocenters. The molecule has 0 radical (unpaired) electrons. The highest BCUT2D eigenvalue weighted by Gasteiger charge is 2.21. The first-order valence-corrected chi connectivity index (χ1v) is 12.0. The largest absolute Gasteiger partial charge is 0.465 e. The van der Waals surface area contributed by atoms with Gasteiger partial charge in [-0.25, -0.2) is 0 Å². The second-order valence-corrected chi connectivity index (χ2v) is 9.23. The monoisotopic (exact) mass is 442 g/mol. The Bertz CT molecular complexity index is 856. The lowest BCUT2D eigenvalue weighted by atomic mass is 10.0. The van der Waals surface area contributed by atoms with E-state index in [1.807, 2.05) is 19.1 Å². The van der Waals surface area contributed by atoms with Crippen molar-refractivity contribution in [1.82, 2.24) is 15.3 Å². The smallest absolute Gasteiger partial charge is 0.232 e. The van der Waals surface area contributed by atoms with Crippen molar-refractivity contribution in [3.8, 4) is 0 Å². The molecule has 2 fully saturated rings. The van der Waals surface area contributed by atoms with E-state index in [9.17, 15) is 0 Å². The molecule has 0 unspecified atom stereocenters. The van der Waals surface area contributed by atoms with Crippen LogP contribution in [0.15, 0.2) is 22.6 Å². The van der Waals surface area contributed by atoms with Crippen LogP contribution in [0.25, 0.3) is 0 Å². The van der Waals surface area contributed by atoms with E-state index in [4.69, 9.17) is 26.6 Å². The molecule has 168 valence electrons. The third kappa shape index (κ3) is 6.09. The van der Waals surface area contributed by atoms with E-state index >= 15 is 0 Å². The third-order valence-electron chi connectivity index (χ3n) is 6.05. The number of anilines is 3. The summed E-state index contributed by atoms with van der Waals surface area (Å²) in [7, 11) is 0. The number of piperidine rings is 1. The number of hydrogen-bond acceptors (Lipinski definition) is 6. The molecule has 2 N–H and O–H groups in total. The zero-order valence-corrected chi connectivity index (χ0v) is 19.5. The maximum Gasteiger partial charge on any atom is 0.232 e. The van der Waals surface area contributed by atoms with Gasteiger partial charge in [0.15, 0.2) is 5.11 Å². The van der Waals surface area contributed by atoms with Crippen LogP contribution in [0.3, 0.4) is 0 Å². The Morgan fingerprint density at radius 3 is 2.45 bits per heavy atom.